The number of halogens is 3. The molecule has 0 spiro atoms. The van der Waals surface area contributed by atoms with Crippen molar-refractivity contribution >= 4 is 48.8 Å². The van der Waals surface area contributed by atoms with E-state index in [1.165, 1.54) is 6.07 Å². The fraction of sp³-hybridized carbons (Fsp3) is 0. The van der Waals surface area contributed by atoms with Gasteiger partial charge in [-0.05, 0) is 23.2 Å². The Hall–Kier alpha value is 0.240. The van der Waals surface area contributed by atoms with E-state index in [0.717, 1.165) is 0 Å². The number of carbonyl (C=O) groups excluding carboxylic acids is 1. The second-order valence-corrected chi connectivity index (χ2v) is 4.74. The lowest BCUT2D eigenvalue weighted by Crippen LogP contribution is -1.83. The van der Waals surface area contributed by atoms with E-state index in [-0.39, 0.29) is 0 Å². The van der Waals surface area contributed by atoms with Crippen molar-refractivity contribution in [2.45, 2.75) is 0 Å². The molecule has 0 fully saturated rings. The lowest BCUT2D eigenvalue weighted by atomic mass is 10.4. The second-order valence-electron chi connectivity index (χ2n) is 1.55. The van der Waals surface area contributed by atoms with Crippen molar-refractivity contribution in [3.05, 3.63) is 21.3 Å². The van der Waals surface area contributed by atoms with Crippen LogP contribution in [0.5, 0.6) is 0 Å². The molecule has 0 radical (unpaired) electrons. The number of thiophene rings is 1. The Balaban J connectivity index is 3.17. The maximum absolute atomic E-state index is 10.5. The molecule has 1 heterocycles. The molecule has 1 rings (SSSR count). The predicted molar refractivity (Wildman–Crippen MR) is 45.4 cm³/mol. The fourth-order valence-electron chi connectivity index (χ4n) is 0.501. The number of carbonyl (C=O) groups is 1. The minimum absolute atomic E-state index is 0.307. The molecule has 0 aliphatic rings. The van der Waals surface area contributed by atoms with Crippen molar-refractivity contribution in [1.82, 2.24) is 0 Å². The molecule has 0 bridgehead atoms. The van der Waals surface area contributed by atoms with E-state index >= 15 is 0 Å². The molecule has 1 nitrogen and oxygen atoms in total. The molecule has 0 aliphatic carbocycles. The zero-order valence-electron chi connectivity index (χ0n) is 4.61. The summed E-state index contributed by atoms with van der Waals surface area (Å²) in [5, 5.41) is 1.08. The molecule has 0 saturated heterocycles. The molecule has 1 aromatic rings. The fourth-order valence-corrected chi connectivity index (χ4v) is 2.22. The highest BCUT2D eigenvalue weighted by Gasteiger charge is 2.20. The van der Waals surface area contributed by atoms with E-state index in [0.29, 0.717) is 9.90 Å². The van der Waals surface area contributed by atoms with Gasteiger partial charge in [0.15, 0.2) is 5.38 Å². The summed E-state index contributed by atoms with van der Waals surface area (Å²) in [7, 11) is 5.00. The van der Waals surface area contributed by atoms with Gasteiger partial charge in [-0.15, -0.1) is 0 Å². The van der Waals surface area contributed by atoms with Crippen molar-refractivity contribution < 1.29 is 4.79 Å². The van der Waals surface area contributed by atoms with Gasteiger partial charge in [-0.1, -0.05) is 0 Å². The third-order valence-electron chi connectivity index (χ3n) is 0.949. The van der Waals surface area contributed by atoms with Crippen molar-refractivity contribution in [2.75, 3.05) is 0 Å². The van der Waals surface area contributed by atoms with Crippen LogP contribution in [0.1, 0.15) is 10.4 Å². The number of hydrogen-bond acceptors (Lipinski definition) is 1. The molecule has 54 valence electrons. The Morgan fingerprint density at radius 3 is 2.40 bits per heavy atom. The van der Waals surface area contributed by atoms with E-state index in [2.05, 4.69) is 0 Å². The summed E-state index contributed by atoms with van der Waals surface area (Å²) in [5.74, 6) is 0. The van der Waals surface area contributed by atoms with Crippen LogP contribution in [0.2, 0.25) is 4.34 Å². The molecular formula is C5H2Cl3OS+. The molecule has 1 atom stereocenters. The minimum atomic E-state index is -0.637. The van der Waals surface area contributed by atoms with Gasteiger partial charge in [0, 0.05) is 6.07 Å². The van der Waals surface area contributed by atoms with E-state index in [1.54, 1.807) is 5.38 Å². The lowest BCUT2D eigenvalue weighted by Gasteiger charge is -1.79. The van der Waals surface area contributed by atoms with Crippen LogP contribution in [0.15, 0.2) is 11.4 Å². The zero-order valence-corrected chi connectivity index (χ0v) is 7.69. The Kier molecular flexibility index (Phi) is 2.58. The zero-order chi connectivity index (χ0) is 7.72. The molecule has 1 aromatic heterocycles. The van der Waals surface area contributed by atoms with Gasteiger partial charge >= 0.3 is 0 Å². The lowest BCUT2D eigenvalue weighted by molar-refractivity contribution is 0.108. The first-order chi connectivity index (χ1) is 4.63. The summed E-state index contributed by atoms with van der Waals surface area (Å²) in [6.07, 6.45) is 0. The monoisotopic (exact) mass is 215 g/mol. The Bertz CT molecular complexity index is 268. The van der Waals surface area contributed by atoms with Crippen LogP contribution in [0.4, 0.5) is 0 Å². The normalized spacial score (nSPS) is 11.7. The highest BCUT2D eigenvalue weighted by molar-refractivity contribution is 7.62. The van der Waals surface area contributed by atoms with Gasteiger partial charge < -0.3 is 0 Å². The molecule has 0 saturated carbocycles. The molecule has 5 heteroatoms. The third-order valence-corrected chi connectivity index (χ3v) is 3.80. The van der Waals surface area contributed by atoms with Crippen LogP contribution in [0.25, 0.3) is 0 Å². The highest BCUT2D eigenvalue weighted by atomic mass is 35.7. The maximum atomic E-state index is 10.5. The Morgan fingerprint density at radius 2 is 2.20 bits per heavy atom. The number of rotatable bonds is 1. The van der Waals surface area contributed by atoms with Crippen LogP contribution in [-0.2, 0) is 0 Å². The maximum Gasteiger partial charge on any atom is 0.273 e. The van der Waals surface area contributed by atoms with Gasteiger partial charge in [-0.3, -0.25) is 4.79 Å². The minimum Gasteiger partial charge on any atom is -0.275 e. The van der Waals surface area contributed by atoms with E-state index in [9.17, 15) is 4.79 Å². The highest BCUT2D eigenvalue weighted by Crippen LogP contribution is 2.37. The van der Waals surface area contributed by atoms with Crippen LogP contribution in [-0.4, -0.2) is 5.24 Å². The predicted octanol–water partition coefficient (Wildman–Crippen LogP) is 3.47. The second kappa shape index (κ2) is 3.09. The first-order valence-corrected chi connectivity index (χ1v) is 5.17. The molecule has 0 N–H and O–H groups in total. The van der Waals surface area contributed by atoms with Crippen molar-refractivity contribution in [3.63, 3.8) is 0 Å². The molecule has 0 amide bonds. The van der Waals surface area contributed by atoms with Crippen LogP contribution >= 0.6 is 43.6 Å². The van der Waals surface area contributed by atoms with Crippen molar-refractivity contribution in [2.24, 2.45) is 0 Å². The van der Waals surface area contributed by atoms with Crippen LogP contribution < -0.4 is 0 Å². The summed E-state index contributed by atoms with van der Waals surface area (Å²) < 4.78 is 0.335. The largest absolute Gasteiger partial charge is 0.275 e. The average Bonchev–Trinajstić information content (AvgIpc) is 2.14. The van der Waals surface area contributed by atoms with Crippen molar-refractivity contribution in [1.29, 1.82) is 0 Å². The Morgan fingerprint density at radius 1 is 1.60 bits per heavy atom. The SMILES string of the molecule is O=C(Cl)c1cc[s+](Cl)c1Cl. The van der Waals surface area contributed by atoms with Gasteiger partial charge in [0.2, 0.25) is 10.7 Å². The van der Waals surface area contributed by atoms with Gasteiger partial charge in [0.25, 0.3) is 9.58 Å². The first-order valence-electron chi connectivity index (χ1n) is 2.30. The molecule has 0 aliphatic heterocycles. The molecular weight excluding hydrogens is 214 g/mol. The smallest absolute Gasteiger partial charge is 0.273 e. The van der Waals surface area contributed by atoms with E-state index < -0.39 is 14.9 Å². The summed E-state index contributed by atoms with van der Waals surface area (Å²) in [4.78, 5) is 10.5. The van der Waals surface area contributed by atoms with Gasteiger partial charge in [-0.25, -0.2) is 0 Å². The van der Waals surface area contributed by atoms with E-state index in [4.69, 9.17) is 33.9 Å². The molecule has 1 unspecified atom stereocenters. The topological polar surface area (TPSA) is 17.1 Å². The summed E-state index contributed by atoms with van der Waals surface area (Å²) in [6, 6.07) is 1.54. The molecule has 0 aromatic carbocycles. The average molecular weight is 216 g/mol. The quantitative estimate of drug-likeness (QED) is 0.519. The van der Waals surface area contributed by atoms with Gasteiger partial charge in [-0.2, -0.15) is 0 Å². The van der Waals surface area contributed by atoms with Gasteiger partial charge in [0.1, 0.15) is 15.2 Å². The van der Waals surface area contributed by atoms with Crippen LogP contribution in [0, 0.1) is 0 Å². The molecule has 10 heavy (non-hydrogen) atoms. The standard InChI is InChI=1S/C5H2Cl3OS/c6-4(9)3-1-2-10(8)5(3)7/h1-2H/q+1. The van der Waals surface area contributed by atoms with Gasteiger partial charge in [0.05, 0.1) is 0 Å². The van der Waals surface area contributed by atoms with E-state index in [1.807, 2.05) is 0 Å². The van der Waals surface area contributed by atoms with Crippen molar-refractivity contribution in [3.8, 4) is 0 Å². The first kappa shape index (κ1) is 8.34. The summed E-state index contributed by atoms with van der Waals surface area (Å²) in [5.41, 5.74) is 0.307. The third kappa shape index (κ3) is 1.45. The number of hydrogen-bond donors (Lipinski definition) is 0. The van der Waals surface area contributed by atoms with Crippen LogP contribution in [0.3, 0.4) is 0 Å². The Labute approximate surface area is 75.0 Å². The summed E-state index contributed by atoms with van der Waals surface area (Å²) >= 11 is 10.8. The summed E-state index contributed by atoms with van der Waals surface area (Å²) in [6.45, 7) is 0.